The minimum absolute atomic E-state index is 0.142. The molecule has 0 radical (unpaired) electrons. The minimum Gasteiger partial charge on any atom is -0.475 e. The highest BCUT2D eigenvalue weighted by atomic mass is 16.5. The average Bonchev–Trinajstić information content (AvgIpc) is 2.95. The SMILES string of the molecule is CCOCCOC(C)C(=O)Nc1ccc2oc(C(=O)O)cc2c1. The van der Waals surface area contributed by atoms with Gasteiger partial charge in [0.15, 0.2) is 0 Å². The number of benzene rings is 1. The van der Waals surface area contributed by atoms with Crippen LogP contribution in [0, 0.1) is 0 Å². The van der Waals surface area contributed by atoms with Gasteiger partial charge in [-0.2, -0.15) is 0 Å². The van der Waals surface area contributed by atoms with Gasteiger partial charge >= 0.3 is 5.97 Å². The molecule has 0 aliphatic rings. The molecule has 0 spiro atoms. The second-order valence-electron chi connectivity index (χ2n) is 4.87. The van der Waals surface area contributed by atoms with Crippen LogP contribution in [0.2, 0.25) is 0 Å². The van der Waals surface area contributed by atoms with Crippen molar-refractivity contribution in [1.82, 2.24) is 0 Å². The maximum absolute atomic E-state index is 12.0. The molecule has 23 heavy (non-hydrogen) atoms. The molecule has 1 amide bonds. The van der Waals surface area contributed by atoms with Gasteiger partial charge in [0.05, 0.1) is 13.2 Å². The van der Waals surface area contributed by atoms with Crippen molar-refractivity contribution in [3.8, 4) is 0 Å². The number of amides is 1. The van der Waals surface area contributed by atoms with Crippen LogP contribution in [0.5, 0.6) is 0 Å². The minimum atomic E-state index is -1.14. The number of rotatable bonds is 8. The summed E-state index contributed by atoms with van der Waals surface area (Å²) in [7, 11) is 0. The van der Waals surface area contributed by atoms with E-state index in [2.05, 4.69) is 5.32 Å². The highest BCUT2D eigenvalue weighted by molar-refractivity contribution is 5.97. The number of hydrogen-bond donors (Lipinski definition) is 2. The quantitative estimate of drug-likeness (QED) is 0.725. The van der Waals surface area contributed by atoms with Gasteiger partial charge in [-0.1, -0.05) is 0 Å². The van der Waals surface area contributed by atoms with E-state index < -0.39 is 12.1 Å². The Morgan fingerprint density at radius 3 is 2.78 bits per heavy atom. The molecule has 1 heterocycles. The van der Waals surface area contributed by atoms with Gasteiger partial charge in [0, 0.05) is 17.7 Å². The molecule has 0 fully saturated rings. The lowest BCUT2D eigenvalue weighted by atomic mass is 10.2. The first-order chi connectivity index (χ1) is 11.0. The summed E-state index contributed by atoms with van der Waals surface area (Å²) >= 11 is 0. The number of fused-ring (bicyclic) bond motifs is 1. The van der Waals surface area contributed by atoms with Gasteiger partial charge in [-0.05, 0) is 38.1 Å². The maximum atomic E-state index is 12.0. The van der Waals surface area contributed by atoms with Crippen molar-refractivity contribution in [2.24, 2.45) is 0 Å². The molecule has 0 bridgehead atoms. The average molecular weight is 321 g/mol. The topological polar surface area (TPSA) is 98.0 Å². The Balaban J connectivity index is 1.97. The molecule has 1 aromatic heterocycles. The predicted molar refractivity (Wildman–Crippen MR) is 83.7 cm³/mol. The van der Waals surface area contributed by atoms with E-state index in [0.29, 0.717) is 36.5 Å². The number of anilines is 1. The van der Waals surface area contributed by atoms with Crippen LogP contribution in [0.15, 0.2) is 28.7 Å². The predicted octanol–water partition coefficient (Wildman–Crippen LogP) is 2.51. The number of carboxylic acid groups (broad SMARTS) is 1. The zero-order chi connectivity index (χ0) is 16.8. The standard InChI is InChI=1S/C16H19NO6/c1-3-21-6-7-22-10(2)15(18)17-12-4-5-13-11(8-12)9-14(23-13)16(19)20/h4-5,8-10H,3,6-7H2,1-2H3,(H,17,18)(H,19,20). The molecule has 0 saturated carbocycles. The van der Waals surface area contributed by atoms with Gasteiger partial charge in [0.2, 0.25) is 5.76 Å². The normalized spacial score (nSPS) is 12.3. The van der Waals surface area contributed by atoms with Gasteiger partial charge in [0.25, 0.3) is 5.91 Å². The number of carbonyl (C=O) groups excluding carboxylic acids is 1. The molecule has 1 atom stereocenters. The fourth-order valence-corrected chi connectivity index (χ4v) is 1.97. The number of hydrogen-bond acceptors (Lipinski definition) is 5. The van der Waals surface area contributed by atoms with E-state index in [1.165, 1.54) is 6.07 Å². The van der Waals surface area contributed by atoms with E-state index in [4.69, 9.17) is 19.0 Å². The highest BCUT2D eigenvalue weighted by Crippen LogP contribution is 2.23. The molecule has 2 N–H and O–H groups in total. The fraction of sp³-hybridized carbons (Fsp3) is 0.375. The Labute approximate surface area is 133 Å². The Morgan fingerprint density at radius 1 is 1.30 bits per heavy atom. The zero-order valence-corrected chi connectivity index (χ0v) is 13.0. The van der Waals surface area contributed by atoms with E-state index in [9.17, 15) is 9.59 Å². The number of furan rings is 1. The van der Waals surface area contributed by atoms with Gasteiger partial charge in [-0.3, -0.25) is 4.79 Å². The Morgan fingerprint density at radius 2 is 2.09 bits per heavy atom. The van der Waals surface area contributed by atoms with Gasteiger partial charge in [-0.25, -0.2) is 4.79 Å². The molecular weight excluding hydrogens is 302 g/mol. The van der Waals surface area contributed by atoms with Crippen molar-refractivity contribution in [2.75, 3.05) is 25.1 Å². The number of ether oxygens (including phenoxy) is 2. The third-order valence-electron chi connectivity index (χ3n) is 3.16. The van der Waals surface area contributed by atoms with Crippen LogP contribution in [-0.2, 0) is 14.3 Å². The Hall–Kier alpha value is -2.38. The van der Waals surface area contributed by atoms with Crippen molar-refractivity contribution < 1.29 is 28.6 Å². The van der Waals surface area contributed by atoms with Gasteiger partial charge in [-0.15, -0.1) is 0 Å². The maximum Gasteiger partial charge on any atom is 0.371 e. The van der Waals surface area contributed by atoms with Crippen molar-refractivity contribution in [3.63, 3.8) is 0 Å². The van der Waals surface area contributed by atoms with Gasteiger partial charge < -0.3 is 24.3 Å². The number of carbonyl (C=O) groups is 2. The van der Waals surface area contributed by atoms with E-state index in [-0.39, 0.29) is 11.7 Å². The molecule has 0 aliphatic heterocycles. The molecule has 0 saturated heterocycles. The van der Waals surface area contributed by atoms with Crippen molar-refractivity contribution in [2.45, 2.75) is 20.0 Å². The smallest absolute Gasteiger partial charge is 0.371 e. The summed E-state index contributed by atoms with van der Waals surface area (Å²) < 4.78 is 15.7. The van der Waals surface area contributed by atoms with E-state index in [1.807, 2.05) is 6.92 Å². The molecule has 1 aromatic carbocycles. The first-order valence-corrected chi connectivity index (χ1v) is 7.28. The molecule has 7 heteroatoms. The largest absolute Gasteiger partial charge is 0.475 e. The van der Waals surface area contributed by atoms with Crippen LogP contribution < -0.4 is 5.32 Å². The summed E-state index contributed by atoms with van der Waals surface area (Å²) in [6.07, 6.45) is -0.620. The van der Waals surface area contributed by atoms with Crippen LogP contribution >= 0.6 is 0 Å². The molecule has 124 valence electrons. The molecule has 0 aliphatic carbocycles. The van der Waals surface area contributed by atoms with Crippen LogP contribution in [-0.4, -0.2) is 42.9 Å². The lowest BCUT2D eigenvalue weighted by Gasteiger charge is -2.13. The number of aromatic carboxylic acids is 1. The Kier molecular flexibility index (Phi) is 5.72. The lowest BCUT2D eigenvalue weighted by Crippen LogP contribution is -2.28. The van der Waals surface area contributed by atoms with Crippen molar-refractivity contribution in [1.29, 1.82) is 0 Å². The van der Waals surface area contributed by atoms with Crippen LogP contribution in [0.3, 0.4) is 0 Å². The number of carboxylic acids is 1. The van der Waals surface area contributed by atoms with E-state index >= 15 is 0 Å². The summed E-state index contributed by atoms with van der Waals surface area (Å²) in [6.45, 7) is 4.92. The summed E-state index contributed by atoms with van der Waals surface area (Å²) in [5, 5.41) is 12.2. The molecular formula is C16H19NO6. The summed E-state index contributed by atoms with van der Waals surface area (Å²) in [4.78, 5) is 22.9. The molecule has 2 aromatic rings. The van der Waals surface area contributed by atoms with E-state index in [1.54, 1.807) is 25.1 Å². The third kappa shape index (κ3) is 4.54. The van der Waals surface area contributed by atoms with Crippen molar-refractivity contribution >= 4 is 28.5 Å². The lowest BCUT2D eigenvalue weighted by molar-refractivity contribution is -0.127. The molecule has 7 nitrogen and oxygen atoms in total. The summed E-state index contributed by atoms with van der Waals surface area (Å²) in [5.41, 5.74) is 0.988. The monoisotopic (exact) mass is 321 g/mol. The Bertz CT molecular complexity index is 693. The second kappa shape index (κ2) is 7.75. The van der Waals surface area contributed by atoms with Crippen molar-refractivity contribution in [3.05, 3.63) is 30.0 Å². The molecule has 2 rings (SSSR count). The van der Waals surface area contributed by atoms with Crippen LogP contribution in [0.25, 0.3) is 11.0 Å². The highest BCUT2D eigenvalue weighted by Gasteiger charge is 2.15. The fourth-order valence-electron chi connectivity index (χ4n) is 1.97. The number of nitrogens with one attached hydrogen (secondary N) is 1. The third-order valence-corrected chi connectivity index (χ3v) is 3.16. The second-order valence-corrected chi connectivity index (χ2v) is 4.87. The zero-order valence-electron chi connectivity index (χ0n) is 13.0. The van der Waals surface area contributed by atoms with Gasteiger partial charge in [0.1, 0.15) is 11.7 Å². The van der Waals surface area contributed by atoms with E-state index in [0.717, 1.165) is 0 Å². The summed E-state index contributed by atoms with van der Waals surface area (Å²) in [6, 6.07) is 6.31. The first kappa shape index (κ1) is 17.0. The van der Waals surface area contributed by atoms with Crippen LogP contribution in [0.4, 0.5) is 5.69 Å². The molecule has 1 unspecified atom stereocenters. The first-order valence-electron chi connectivity index (χ1n) is 7.28. The summed E-state index contributed by atoms with van der Waals surface area (Å²) in [5.74, 6) is -1.57. The van der Waals surface area contributed by atoms with Crippen LogP contribution in [0.1, 0.15) is 24.4 Å².